The lowest BCUT2D eigenvalue weighted by Gasteiger charge is -2.08. The molecule has 1 aromatic carbocycles. The third-order valence-corrected chi connectivity index (χ3v) is 2.53. The van der Waals surface area contributed by atoms with Crippen LogP contribution in [0.2, 0.25) is 0 Å². The zero-order chi connectivity index (χ0) is 14.4. The van der Waals surface area contributed by atoms with Crippen LogP contribution >= 0.6 is 0 Å². The smallest absolute Gasteiger partial charge is 0.219 e. The highest BCUT2D eigenvalue weighted by Crippen LogP contribution is 2.24. The lowest BCUT2D eigenvalue weighted by molar-refractivity contribution is 0.104. The Morgan fingerprint density at radius 2 is 1.90 bits per heavy atom. The van der Waals surface area contributed by atoms with Gasteiger partial charge in [0.05, 0.1) is 5.56 Å². The second-order valence-electron chi connectivity index (χ2n) is 4.41. The topological polar surface area (TPSA) is 42.4 Å². The highest BCUT2D eigenvalue weighted by atomic mass is 16.5. The average molecular weight is 268 g/mol. The molecule has 0 saturated carbocycles. The van der Waals surface area contributed by atoms with E-state index in [1.165, 1.54) is 6.08 Å². The summed E-state index contributed by atoms with van der Waals surface area (Å²) in [6.45, 7) is 0. The Kier molecular flexibility index (Phi) is 4.50. The Morgan fingerprint density at radius 1 is 1.15 bits per heavy atom. The minimum Gasteiger partial charge on any atom is -0.438 e. The van der Waals surface area contributed by atoms with Crippen LogP contribution in [0.3, 0.4) is 0 Å². The molecule has 0 amide bonds. The van der Waals surface area contributed by atoms with Crippen LogP contribution < -0.4 is 4.74 Å². The number of hydrogen-bond acceptors (Lipinski definition) is 4. The molecule has 0 spiro atoms. The van der Waals surface area contributed by atoms with Crippen LogP contribution in [0.4, 0.5) is 0 Å². The molecule has 2 rings (SSSR count). The van der Waals surface area contributed by atoms with E-state index in [9.17, 15) is 4.79 Å². The summed E-state index contributed by atoms with van der Waals surface area (Å²) < 4.78 is 5.66. The van der Waals surface area contributed by atoms with E-state index in [0.717, 1.165) is 0 Å². The molecule has 1 aromatic heterocycles. The summed E-state index contributed by atoms with van der Waals surface area (Å²) in [5.74, 6) is 0.856. The van der Waals surface area contributed by atoms with Crippen molar-refractivity contribution >= 4 is 5.78 Å². The molecule has 0 aliphatic heterocycles. The first-order chi connectivity index (χ1) is 9.66. The van der Waals surface area contributed by atoms with Gasteiger partial charge in [0.2, 0.25) is 5.88 Å². The normalized spacial score (nSPS) is 10.5. The lowest BCUT2D eigenvalue weighted by atomic mass is 10.1. The maximum atomic E-state index is 12.1. The molecule has 0 bridgehead atoms. The van der Waals surface area contributed by atoms with Gasteiger partial charge < -0.3 is 9.64 Å². The zero-order valence-electron chi connectivity index (χ0n) is 11.5. The van der Waals surface area contributed by atoms with Crippen molar-refractivity contribution in [3.63, 3.8) is 0 Å². The van der Waals surface area contributed by atoms with Crippen LogP contribution in [0.5, 0.6) is 11.6 Å². The van der Waals surface area contributed by atoms with Gasteiger partial charge in [0.25, 0.3) is 0 Å². The van der Waals surface area contributed by atoms with Crippen LogP contribution in [0.25, 0.3) is 0 Å². The molecule has 4 nitrogen and oxygen atoms in total. The molecular weight excluding hydrogens is 252 g/mol. The van der Waals surface area contributed by atoms with Gasteiger partial charge in [-0.2, -0.15) is 0 Å². The Balaban J connectivity index is 2.24. The van der Waals surface area contributed by atoms with E-state index in [4.69, 9.17) is 4.74 Å². The summed E-state index contributed by atoms with van der Waals surface area (Å²) >= 11 is 0. The van der Waals surface area contributed by atoms with E-state index in [-0.39, 0.29) is 5.78 Å². The van der Waals surface area contributed by atoms with Gasteiger partial charge in [-0.05, 0) is 18.2 Å². The lowest BCUT2D eigenvalue weighted by Crippen LogP contribution is -2.04. The molecule has 102 valence electrons. The number of benzene rings is 1. The summed E-state index contributed by atoms with van der Waals surface area (Å²) in [5, 5.41) is 0. The molecule has 1 heterocycles. The summed E-state index contributed by atoms with van der Waals surface area (Å²) in [6.07, 6.45) is 4.87. The van der Waals surface area contributed by atoms with Gasteiger partial charge in [-0.25, -0.2) is 4.98 Å². The molecule has 0 aliphatic carbocycles. The van der Waals surface area contributed by atoms with Crippen molar-refractivity contribution in [2.24, 2.45) is 0 Å². The summed E-state index contributed by atoms with van der Waals surface area (Å²) in [7, 11) is 3.72. The maximum Gasteiger partial charge on any atom is 0.219 e. The standard InChI is InChI=1S/C16H16N2O2/c1-18(2)12-10-14(19)13-7-3-4-8-15(13)20-16-9-5-6-11-17-16/h3-12H,1-2H3/b12-10+. The highest BCUT2D eigenvalue weighted by Gasteiger charge is 2.10. The molecule has 0 N–H and O–H groups in total. The second-order valence-corrected chi connectivity index (χ2v) is 4.41. The Hall–Kier alpha value is -2.62. The van der Waals surface area contributed by atoms with Gasteiger partial charge in [-0.1, -0.05) is 18.2 Å². The number of carbonyl (C=O) groups is 1. The minimum atomic E-state index is -0.106. The number of nitrogens with zero attached hydrogens (tertiary/aromatic N) is 2. The zero-order valence-corrected chi connectivity index (χ0v) is 11.5. The molecular formula is C16H16N2O2. The number of pyridine rings is 1. The third-order valence-electron chi connectivity index (χ3n) is 2.53. The van der Waals surface area contributed by atoms with Gasteiger partial charge in [-0.15, -0.1) is 0 Å². The molecule has 0 saturated heterocycles. The van der Waals surface area contributed by atoms with Crippen molar-refractivity contribution in [2.75, 3.05) is 14.1 Å². The van der Waals surface area contributed by atoms with Gasteiger partial charge in [0, 0.05) is 38.6 Å². The minimum absolute atomic E-state index is 0.106. The van der Waals surface area contributed by atoms with Crippen molar-refractivity contribution < 1.29 is 9.53 Å². The van der Waals surface area contributed by atoms with E-state index < -0.39 is 0 Å². The fourth-order valence-electron chi connectivity index (χ4n) is 1.59. The van der Waals surface area contributed by atoms with Crippen molar-refractivity contribution in [3.8, 4) is 11.6 Å². The van der Waals surface area contributed by atoms with Crippen LogP contribution in [-0.4, -0.2) is 29.8 Å². The van der Waals surface area contributed by atoms with E-state index in [1.807, 2.05) is 38.4 Å². The molecule has 0 atom stereocenters. The first-order valence-electron chi connectivity index (χ1n) is 6.23. The Labute approximate surface area is 118 Å². The first-order valence-corrected chi connectivity index (χ1v) is 6.23. The molecule has 0 aliphatic rings. The van der Waals surface area contributed by atoms with E-state index >= 15 is 0 Å². The van der Waals surface area contributed by atoms with Crippen LogP contribution in [0.15, 0.2) is 60.9 Å². The van der Waals surface area contributed by atoms with Crippen molar-refractivity contribution in [3.05, 3.63) is 66.5 Å². The van der Waals surface area contributed by atoms with Gasteiger partial charge in [0.1, 0.15) is 5.75 Å². The van der Waals surface area contributed by atoms with Crippen LogP contribution in [0, 0.1) is 0 Å². The number of rotatable bonds is 5. The molecule has 0 unspecified atom stereocenters. The van der Waals surface area contributed by atoms with Crippen molar-refractivity contribution in [1.29, 1.82) is 0 Å². The predicted octanol–water partition coefficient (Wildman–Crippen LogP) is 3.13. The summed E-state index contributed by atoms with van der Waals surface area (Å²) in [6, 6.07) is 12.5. The average Bonchev–Trinajstić information content (AvgIpc) is 2.46. The van der Waals surface area contributed by atoms with Crippen molar-refractivity contribution in [2.45, 2.75) is 0 Å². The predicted molar refractivity (Wildman–Crippen MR) is 77.9 cm³/mol. The molecule has 2 aromatic rings. The fraction of sp³-hybridized carbons (Fsp3) is 0.125. The maximum absolute atomic E-state index is 12.1. The number of ketones is 1. The largest absolute Gasteiger partial charge is 0.438 e. The fourth-order valence-corrected chi connectivity index (χ4v) is 1.59. The van der Waals surface area contributed by atoms with Gasteiger partial charge >= 0.3 is 0 Å². The van der Waals surface area contributed by atoms with Gasteiger partial charge in [-0.3, -0.25) is 4.79 Å². The van der Waals surface area contributed by atoms with Crippen LogP contribution in [0.1, 0.15) is 10.4 Å². The van der Waals surface area contributed by atoms with Crippen molar-refractivity contribution in [1.82, 2.24) is 9.88 Å². The number of hydrogen-bond donors (Lipinski definition) is 0. The number of ether oxygens (including phenoxy) is 1. The Morgan fingerprint density at radius 3 is 2.60 bits per heavy atom. The van der Waals surface area contributed by atoms with Gasteiger partial charge in [0.15, 0.2) is 5.78 Å². The molecule has 0 radical (unpaired) electrons. The Bertz CT molecular complexity index is 607. The number of para-hydroxylation sites is 1. The SMILES string of the molecule is CN(C)/C=C/C(=O)c1ccccc1Oc1ccccn1. The second kappa shape index (κ2) is 6.52. The quantitative estimate of drug-likeness (QED) is 0.617. The summed E-state index contributed by atoms with van der Waals surface area (Å²) in [5.41, 5.74) is 0.510. The molecule has 20 heavy (non-hydrogen) atoms. The molecule has 4 heteroatoms. The highest BCUT2D eigenvalue weighted by molar-refractivity contribution is 6.06. The van der Waals surface area contributed by atoms with E-state index in [2.05, 4.69) is 4.98 Å². The number of allylic oxidation sites excluding steroid dienone is 1. The summed E-state index contributed by atoms with van der Waals surface area (Å²) in [4.78, 5) is 18.0. The van der Waals surface area contributed by atoms with Crippen LogP contribution in [-0.2, 0) is 0 Å². The van der Waals surface area contributed by atoms with E-state index in [0.29, 0.717) is 17.2 Å². The molecule has 0 fully saturated rings. The first kappa shape index (κ1) is 13.8. The number of carbonyl (C=O) groups excluding carboxylic acids is 1. The van der Waals surface area contributed by atoms with E-state index in [1.54, 1.807) is 35.5 Å². The number of aromatic nitrogens is 1. The monoisotopic (exact) mass is 268 g/mol. The third kappa shape index (κ3) is 3.68.